The summed E-state index contributed by atoms with van der Waals surface area (Å²) < 4.78 is 10.3. The van der Waals surface area contributed by atoms with E-state index in [9.17, 15) is 4.79 Å². The van der Waals surface area contributed by atoms with Crippen LogP contribution in [-0.2, 0) is 9.53 Å². The number of nitrogens with two attached hydrogens (primary N) is 1. The zero-order valence-electron chi connectivity index (χ0n) is 10.3. The number of rotatable bonds is 4. The fourth-order valence-electron chi connectivity index (χ4n) is 1.54. The molecule has 0 fully saturated rings. The van der Waals surface area contributed by atoms with Gasteiger partial charge in [-0.2, -0.15) is 4.98 Å². The molecule has 0 amide bonds. The summed E-state index contributed by atoms with van der Waals surface area (Å²) in [6.07, 6.45) is 0. The molecule has 6 heteroatoms. The van der Waals surface area contributed by atoms with Gasteiger partial charge in [0.05, 0.1) is 12.3 Å². The number of hydrogen-bond donors (Lipinski definition) is 2. The lowest BCUT2D eigenvalue weighted by molar-refractivity contribution is -0.143. The summed E-state index contributed by atoms with van der Waals surface area (Å²) in [4.78, 5) is 15.6. The van der Waals surface area contributed by atoms with Crippen LogP contribution >= 0.6 is 0 Å². The van der Waals surface area contributed by atoms with Gasteiger partial charge in [-0.15, -0.1) is 0 Å². The number of carbonyl (C=O) groups is 1. The molecule has 3 N–H and O–H groups in total. The SMILES string of the molecule is CCOC(=O)C(C)Nc1nc2c(N)cccc2o1. The van der Waals surface area contributed by atoms with Crippen LogP contribution in [0.25, 0.3) is 11.1 Å². The monoisotopic (exact) mass is 249 g/mol. The lowest BCUT2D eigenvalue weighted by Gasteiger charge is -2.09. The predicted molar refractivity (Wildman–Crippen MR) is 68.1 cm³/mol. The van der Waals surface area contributed by atoms with Gasteiger partial charge in [0.15, 0.2) is 5.58 Å². The van der Waals surface area contributed by atoms with Crippen molar-refractivity contribution in [3.8, 4) is 0 Å². The van der Waals surface area contributed by atoms with Crippen molar-refractivity contribution in [3.63, 3.8) is 0 Å². The number of para-hydroxylation sites is 1. The molecule has 0 bridgehead atoms. The van der Waals surface area contributed by atoms with Crippen molar-refractivity contribution in [3.05, 3.63) is 18.2 Å². The van der Waals surface area contributed by atoms with E-state index in [0.717, 1.165) is 0 Å². The molecule has 1 unspecified atom stereocenters. The summed E-state index contributed by atoms with van der Waals surface area (Å²) >= 11 is 0. The highest BCUT2D eigenvalue weighted by atomic mass is 16.5. The van der Waals surface area contributed by atoms with Crippen molar-refractivity contribution in [2.24, 2.45) is 0 Å². The van der Waals surface area contributed by atoms with Crippen molar-refractivity contribution in [2.45, 2.75) is 19.9 Å². The molecule has 0 aliphatic heterocycles. The minimum absolute atomic E-state index is 0.253. The topological polar surface area (TPSA) is 90.4 Å². The van der Waals surface area contributed by atoms with Crippen LogP contribution in [0.4, 0.5) is 11.7 Å². The zero-order valence-corrected chi connectivity index (χ0v) is 10.3. The minimum atomic E-state index is -0.528. The minimum Gasteiger partial charge on any atom is -0.464 e. The molecule has 2 rings (SSSR count). The molecular formula is C12H15N3O3. The van der Waals surface area contributed by atoms with Crippen LogP contribution in [-0.4, -0.2) is 23.6 Å². The van der Waals surface area contributed by atoms with E-state index < -0.39 is 6.04 Å². The van der Waals surface area contributed by atoms with Gasteiger partial charge in [-0.1, -0.05) is 6.07 Å². The maximum atomic E-state index is 11.5. The fraction of sp³-hybridized carbons (Fsp3) is 0.333. The van der Waals surface area contributed by atoms with Crippen LogP contribution < -0.4 is 11.1 Å². The molecule has 2 aromatic rings. The number of aromatic nitrogens is 1. The molecule has 18 heavy (non-hydrogen) atoms. The van der Waals surface area contributed by atoms with E-state index in [0.29, 0.717) is 23.4 Å². The lowest BCUT2D eigenvalue weighted by atomic mass is 10.3. The Hall–Kier alpha value is -2.24. The highest BCUT2D eigenvalue weighted by Gasteiger charge is 2.17. The van der Waals surface area contributed by atoms with Crippen LogP contribution in [0, 0.1) is 0 Å². The summed E-state index contributed by atoms with van der Waals surface area (Å²) in [5, 5.41) is 2.84. The van der Waals surface area contributed by atoms with Crippen LogP contribution in [0.2, 0.25) is 0 Å². The molecule has 96 valence electrons. The van der Waals surface area contributed by atoms with Crippen molar-refractivity contribution >= 4 is 28.8 Å². The van der Waals surface area contributed by atoms with E-state index in [4.69, 9.17) is 14.9 Å². The van der Waals surface area contributed by atoms with E-state index in [1.807, 2.05) is 0 Å². The van der Waals surface area contributed by atoms with Gasteiger partial charge in [-0.25, -0.2) is 4.79 Å². The molecule has 1 heterocycles. The molecule has 0 aliphatic carbocycles. The first kappa shape index (κ1) is 12.2. The Morgan fingerprint density at radius 3 is 3.06 bits per heavy atom. The molecule has 0 spiro atoms. The number of anilines is 2. The Morgan fingerprint density at radius 2 is 2.39 bits per heavy atom. The number of nitrogens with one attached hydrogen (secondary N) is 1. The highest BCUT2D eigenvalue weighted by Crippen LogP contribution is 2.23. The third kappa shape index (κ3) is 2.37. The third-order valence-electron chi connectivity index (χ3n) is 2.43. The van der Waals surface area contributed by atoms with Crippen molar-refractivity contribution in [1.82, 2.24) is 4.98 Å². The summed E-state index contributed by atoms with van der Waals surface area (Å²) in [5.74, 6) is -0.354. The maximum absolute atomic E-state index is 11.5. The Morgan fingerprint density at radius 1 is 1.61 bits per heavy atom. The lowest BCUT2D eigenvalue weighted by Crippen LogP contribution is -2.28. The van der Waals surface area contributed by atoms with Gasteiger partial charge in [0, 0.05) is 0 Å². The summed E-state index contributed by atoms with van der Waals surface area (Å²) in [6.45, 7) is 3.77. The van der Waals surface area contributed by atoms with Crippen molar-refractivity contribution in [2.75, 3.05) is 17.7 Å². The number of carbonyl (C=O) groups excluding carboxylic acids is 1. The van der Waals surface area contributed by atoms with Crippen molar-refractivity contribution < 1.29 is 13.9 Å². The van der Waals surface area contributed by atoms with E-state index in [-0.39, 0.29) is 12.0 Å². The quantitative estimate of drug-likeness (QED) is 0.634. The molecule has 1 aromatic heterocycles. The molecule has 0 aliphatic rings. The van der Waals surface area contributed by atoms with Crippen LogP contribution in [0.3, 0.4) is 0 Å². The molecule has 0 saturated heterocycles. The van der Waals surface area contributed by atoms with E-state index in [1.54, 1.807) is 32.0 Å². The number of nitrogens with zero attached hydrogens (tertiary/aromatic N) is 1. The number of ether oxygens (including phenoxy) is 1. The molecule has 0 radical (unpaired) electrons. The molecule has 1 atom stereocenters. The van der Waals surface area contributed by atoms with Crippen LogP contribution in [0.15, 0.2) is 22.6 Å². The van der Waals surface area contributed by atoms with Gasteiger partial charge in [-0.05, 0) is 26.0 Å². The van der Waals surface area contributed by atoms with Gasteiger partial charge in [0.1, 0.15) is 11.6 Å². The highest BCUT2D eigenvalue weighted by molar-refractivity contribution is 5.87. The Balaban J connectivity index is 2.17. The standard InChI is InChI=1S/C12H15N3O3/c1-3-17-11(16)7(2)14-12-15-10-8(13)5-4-6-9(10)18-12/h4-7H,3,13H2,1-2H3,(H,14,15). The molecular weight excluding hydrogens is 234 g/mol. The average Bonchev–Trinajstić information content (AvgIpc) is 2.73. The number of fused-ring (bicyclic) bond motifs is 1. The van der Waals surface area contributed by atoms with Crippen molar-refractivity contribution in [1.29, 1.82) is 0 Å². The van der Waals surface area contributed by atoms with Crippen LogP contribution in [0.1, 0.15) is 13.8 Å². The fourth-order valence-corrected chi connectivity index (χ4v) is 1.54. The Labute approximate surface area is 104 Å². The van der Waals surface area contributed by atoms with E-state index in [1.165, 1.54) is 0 Å². The normalized spacial score (nSPS) is 12.3. The molecule has 6 nitrogen and oxygen atoms in total. The number of benzene rings is 1. The zero-order chi connectivity index (χ0) is 13.1. The first-order valence-corrected chi connectivity index (χ1v) is 5.70. The van der Waals surface area contributed by atoms with Gasteiger partial charge >= 0.3 is 5.97 Å². The summed E-state index contributed by atoms with van der Waals surface area (Å²) in [6, 6.07) is 5.01. The largest absolute Gasteiger partial charge is 0.464 e. The maximum Gasteiger partial charge on any atom is 0.328 e. The summed E-state index contributed by atoms with van der Waals surface area (Å²) in [7, 11) is 0. The number of esters is 1. The second kappa shape index (κ2) is 4.95. The van der Waals surface area contributed by atoms with Gasteiger partial charge < -0.3 is 20.2 Å². The Kier molecular flexibility index (Phi) is 3.36. The smallest absolute Gasteiger partial charge is 0.328 e. The van der Waals surface area contributed by atoms with Gasteiger partial charge in [-0.3, -0.25) is 0 Å². The first-order chi connectivity index (χ1) is 8.61. The third-order valence-corrected chi connectivity index (χ3v) is 2.43. The van der Waals surface area contributed by atoms with Crippen LogP contribution in [0.5, 0.6) is 0 Å². The number of oxazole rings is 1. The molecule has 0 saturated carbocycles. The average molecular weight is 249 g/mol. The second-order valence-corrected chi connectivity index (χ2v) is 3.83. The first-order valence-electron chi connectivity index (χ1n) is 5.70. The summed E-state index contributed by atoms with van der Waals surface area (Å²) in [5.41, 5.74) is 7.46. The second-order valence-electron chi connectivity index (χ2n) is 3.83. The van der Waals surface area contributed by atoms with Gasteiger partial charge in [0.2, 0.25) is 0 Å². The molecule has 1 aromatic carbocycles. The van der Waals surface area contributed by atoms with Gasteiger partial charge in [0.25, 0.3) is 6.01 Å². The number of nitrogen functional groups attached to an aromatic ring is 1. The number of hydrogen-bond acceptors (Lipinski definition) is 6. The Bertz CT molecular complexity index is 565. The predicted octanol–water partition coefficient (Wildman–Crippen LogP) is 1.77. The van der Waals surface area contributed by atoms with E-state index in [2.05, 4.69) is 10.3 Å². The van der Waals surface area contributed by atoms with E-state index >= 15 is 0 Å².